The highest BCUT2D eigenvalue weighted by molar-refractivity contribution is 5.94. The fraction of sp³-hybridized carbons (Fsp3) is 0.267. The van der Waals surface area contributed by atoms with Gasteiger partial charge in [0.05, 0.1) is 17.9 Å². The van der Waals surface area contributed by atoms with E-state index in [2.05, 4.69) is 43.4 Å². The molecule has 0 saturated carbocycles. The zero-order valence-electron chi connectivity index (χ0n) is 10.6. The molecule has 1 N–H and O–H groups in total. The van der Waals surface area contributed by atoms with Crippen molar-refractivity contribution in [3.63, 3.8) is 0 Å². The van der Waals surface area contributed by atoms with Gasteiger partial charge in [-0.05, 0) is 25.0 Å². The first-order valence-corrected chi connectivity index (χ1v) is 6.10. The van der Waals surface area contributed by atoms with Crippen molar-refractivity contribution in [1.82, 2.24) is 5.32 Å². The van der Waals surface area contributed by atoms with Gasteiger partial charge >= 0.3 is 0 Å². The van der Waals surface area contributed by atoms with E-state index >= 15 is 0 Å². The second-order valence-corrected chi connectivity index (χ2v) is 4.36. The lowest BCUT2D eigenvalue weighted by molar-refractivity contribution is 0.0935. The van der Waals surface area contributed by atoms with E-state index in [1.807, 2.05) is 0 Å². The number of nitrogens with one attached hydrogen (secondary N) is 1. The Kier molecular flexibility index (Phi) is 3.82. The molecular formula is C15H17NO2. The molecule has 2 aromatic rings. The summed E-state index contributed by atoms with van der Waals surface area (Å²) in [5.74, 6) is -0.101. The highest BCUT2D eigenvalue weighted by Gasteiger charge is 2.14. The molecule has 0 fully saturated rings. The molecular weight excluding hydrogens is 226 g/mol. The third-order valence-corrected chi connectivity index (χ3v) is 2.98. The van der Waals surface area contributed by atoms with Gasteiger partial charge in [-0.15, -0.1) is 0 Å². The lowest BCUT2D eigenvalue weighted by Crippen LogP contribution is -2.27. The third kappa shape index (κ3) is 2.80. The smallest absolute Gasteiger partial charge is 0.255 e. The van der Waals surface area contributed by atoms with Gasteiger partial charge in [0.2, 0.25) is 0 Å². The summed E-state index contributed by atoms with van der Waals surface area (Å²) in [5, 5.41) is 3.01. The molecule has 0 aliphatic carbocycles. The number of amides is 1. The van der Waals surface area contributed by atoms with Crippen molar-refractivity contribution in [2.75, 3.05) is 0 Å². The molecule has 94 valence electrons. The zero-order valence-corrected chi connectivity index (χ0v) is 10.6. The molecule has 0 bridgehead atoms. The Hall–Kier alpha value is -2.03. The van der Waals surface area contributed by atoms with Crippen LogP contribution in [0.15, 0.2) is 47.3 Å². The number of hydrogen-bond acceptors (Lipinski definition) is 2. The molecule has 3 nitrogen and oxygen atoms in total. The molecule has 1 heterocycles. The number of carbonyl (C=O) groups excluding carboxylic acids is 1. The molecule has 18 heavy (non-hydrogen) atoms. The Morgan fingerprint density at radius 3 is 2.56 bits per heavy atom. The number of rotatable bonds is 4. The molecule has 1 aromatic heterocycles. The largest absolute Gasteiger partial charge is 0.472 e. The van der Waals surface area contributed by atoms with Crippen molar-refractivity contribution in [2.24, 2.45) is 0 Å². The summed E-state index contributed by atoms with van der Waals surface area (Å²) in [6.07, 6.45) is 3.81. The molecule has 0 aliphatic rings. The van der Waals surface area contributed by atoms with Crippen LogP contribution in [0.4, 0.5) is 0 Å². The second-order valence-electron chi connectivity index (χ2n) is 4.36. The summed E-state index contributed by atoms with van der Waals surface area (Å²) in [4.78, 5) is 11.9. The van der Waals surface area contributed by atoms with E-state index in [1.54, 1.807) is 6.07 Å². The van der Waals surface area contributed by atoms with Crippen molar-refractivity contribution in [2.45, 2.75) is 26.3 Å². The number of benzene rings is 1. The van der Waals surface area contributed by atoms with E-state index in [0.717, 1.165) is 12.0 Å². The normalized spacial score (nSPS) is 12.1. The van der Waals surface area contributed by atoms with E-state index < -0.39 is 0 Å². The molecule has 3 heteroatoms. The van der Waals surface area contributed by atoms with Crippen molar-refractivity contribution in [3.05, 3.63) is 59.5 Å². The summed E-state index contributed by atoms with van der Waals surface area (Å²) in [6, 6.07) is 9.92. The average Bonchev–Trinajstić information content (AvgIpc) is 2.91. The van der Waals surface area contributed by atoms with E-state index in [1.165, 1.54) is 18.1 Å². The van der Waals surface area contributed by atoms with Crippen molar-refractivity contribution in [3.8, 4) is 0 Å². The molecule has 0 radical (unpaired) electrons. The lowest BCUT2D eigenvalue weighted by Gasteiger charge is -2.17. The van der Waals surface area contributed by atoms with E-state index in [4.69, 9.17) is 4.42 Å². The van der Waals surface area contributed by atoms with Crippen molar-refractivity contribution in [1.29, 1.82) is 0 Å². The molecule has 1 amide bonds. The summed E-state index contributed by atoms with van der Waals surface area (Å²) in [5.41, 5.74) is 2.90. The third-order valence-electron chi connectivity index (χ3n) is 2.98. The van der Waals surface area contributed by atoms with Crippen LogP contribution in [0, 0.1) is 6.92 Å². The van der Waals surface area contributed by atoms with Gasteiger partial charge in [0.25, 0.3) is 5.91 Å². The Morgan fingerprint density at radius 2 is 2.00 bits per heavy atom. The average molecular weight is 243 g/mol. The maximum absolute atomic E-state index is 11.9. The Balaban J connectivity index is 2.10. The summed E-state index contributed by atoms with van der Waals surface area (Å²) in [6.45, 7) is 4.11. The minimum atomic E-state index is -0.101. The number of furan rings is 1. The first-order valence-electron chi connectivity index (χ1n) is 6.10. The fourth-order valence-electron chi connectivity index (χ4n) is 1.86. The Labute approximate surface area is 107 Å². The maximum Gasteiger partial charge on any atom is 0.255 e. The van der Waals surface area contributed by atoms with Crippen LogP contribution < -0.4 is 5.32 Å². The quantitative estimate of drug-likeness (QED) is 0.893. The van der Waals surface area contributed by atoms with Crippen LogP contribution in [0.3, 0.4) is 0 Å². The predicted octanol–water partition coefficient (Wildman–Crippen LogP) is 3.47. The standard InChI is InChI=1S/C15H17NO2/c1-3-14(12-6-4-11(2)5-7-12)16-15(17)13-8-9-18-10-13/h4-10,14H,3H2,1-2H3,(H,16,17)/t14-/m1/s1. The Morgan fingerprint density at radius 1 is 1.28 bits per heavy atom. The summed E-state index contributed by atoms with van der Waals surface area (Å²) in [7, 11) is 0. The fourth-order valence-corrected chi connectivity index (χ4v) is 1.86. The van der Waals surface area contributed by atoms with Gasteiger partial charge in [0.1, 0.15) is 6.26 Å². The van der Waals surface area contributed by atoms with Crippen LogP contribution in [0.25, 0.3) is 0 Å². The molecule has 1 aromatic carbocycles. The molecule has 2 rings (SSSR count). The predicted molar refractivity (Wildman–Crippen MR) is 70.4 cm³/mol. The van der Waals surface area contributed by atoms with Gasteiger partial charge in [-0.25, -0.2) is 0 Å². The van der Waals surface area contributed by atoms with Crippen LogP contribution in [0.2, 0.25) is 0 Å². The van der Waals surface area contributed by atoms with Crippen molar-refractivity contribution >= 4 is 5.91 Å². The maximum atomic E-state index is 11.9. The molecule has 0 unspecified atom stereocenters. The van der Waals surface area contributed by atoms with Crippen LogP contribution >= 0.6 is 0 Å². The SMILES string of the molecule is CC[C@@H](NC(=O)c1ccoc1)c1ccc(C)cc1. The van der Waals surface area contributed by atoms with Crippen LogP contribution in [-0.2, 0) is 0 Å². The van der Waals surface area contributed by atoms with Gasteiger partial charge in [-0.2, -0.15) is 0 Å². The minimum Gasteiger partial charge on any atom is -0.472 e. The zero-order chi connectivity index (χ0) is 13.0. The van der Waals surface area contributed by atoms with Crippen LogP contribution in [0.1, 0.15) is 40.9 Å². The second kappa shape index (κ2) is 5.54. The summed E-state index contributed by atoms with van der Waals surface area (Å²) >= 11 is 0. The highest BCUT2D eigenvalue weighted by Crippen LogP contribution is 2.17. The lowest BCUT2D eigenvalue weighted by atomic mass is 10.0. The van der Waals surface area contributed by atoms with Gasteiger partial charge < -0.3 is 9.73 Å². The van der Waals surface area contributed by atoms with Gasteiger partial charge in [0.15, 0.2) is 0 Å². The minimum absolute atomic E-state index is 0.0352. The van der Waals surface area contributed by atoms with Crippen LogP contribution in [0.5, 0.6) is 0 Å². The molecule has 0 saturated heterocycles. The highest BCUT2D eigenvalue weighted by atomic mass is 16.3. The Bertz CT molecular complexity index is 500. The van der Waals surface area contributed by atoms with E-state index in [0.29, 0.717) is 5.56 Å². The first kappa shape index (κ1) is 12.4. The number of aryl methyl sites for hydroxylation is 1. The topological polar surface area (TPSA) is 42.2 Å². The van der Waals surface area contributed by atoms with Gasteiger partial charge in [-0.3, -0.25) is 4.79 Å². The molecule has 0 aliphatic heterocycles. The van der Waals surface area contributed by atoms with Crippen LogP contribution in [-0.4, -0.2) is 5.91 Å². The van der Waals surface area contributed by atoms with Gasteiger partial charge in [-0.1, -0.05) is 36.8 Å². The number of hydrogen-bond donors (Lipinski definition) is 1. The first-order chi connectivity index (χ1) is 8.70. The monoisotopic (exact) mass is 243 g/mol. The summed E-state index contributed by atoms with van der Waals surface area (Å²) < 4.78 is 4.91. The van der Waals surface area contributed by atoms with Gasteiger partial charge in [0, 0.05) is 0 Å². The van der Waals surface area contributed by atoms with Crippen molar-refractivity contribution < 1.29 is 9.21 Å². The van der Waals surface area contributed by atoms with E-state index in [9.17, 15) is 4.79 Å². The number of carbonyl (C=O) groups is 1. The molecule has 1 atom stereocenters. The molecule has 0 spiro atoms. The van der Waals surface area contributed by atoms with E-state index in [-0.39, 0.29) is 11.9 Å².